The van der Waals surface area contributed by atoms with Crippen LogP contribution < -0.4 is 5.56 Å². The predicted octanol–water partition coefficient (Wildman–Crippen LogP) is 4.58. The summed E-state index contributed by atoms with van der Waals surface area (Å²) in [6.07, 6.45) is -2.24. The number of alkyl halides is 3. The van der Waals surface area contributed by atoms with Crippen molar-refractivity contribution in [1.29, 1.82) is 0 Å². The van der Waals surface area contributed by atoms with Crippen LogP contribution in [0.5, 0.6) is 0 Å². The largest absolute Gasteiger partial charge is 0.411 e. The van der Waals surface area contributed by atoms with E-state index in [1.165, 1.54) is 23.1 Å². The molecule has 0 saturated heterocycles. The predicted molar refractivity (Wildman–Crippen MR) is 109 cm³/mol. The average molecular weight is 444 g/mol. The normalized spacial score (nSPS) is 12.0. The van der Waals surface area contributed by atoms with Gasteiger partial charge < -0.3 is 4.74 Å². The molecule has 3 rings (SSSR count). The molecule has 0 saturated carbocycles. The van der Waals surface area contributed by atoms with E-state index in [2.05, 4.69) is 14.7 Å². The van der Waals surface area contributed by atoms with Crippen molar-refractivity contribution >= 4 is 33.3 Å². The number of aryl methyl sites for hydroxylation is 2. The molecular formula is C19H20F3N3O2S2. The van der Waals surface area contributed by atoms with E-state index in [1.807, 2.05) is 26.0 Å². The van der Waals surface area contributed by atoms with Gasteiger partial charge >= 0.3 is 6.18 Å². The van der Waals surface area contributed by atoms with Gasteiger partial charge in [0.2, 0.25) is 0 Å². The van der Waals surface area contributed by atoms with Crippen LogP contribution in [0.4, 0.5) is 13.2 Å². The Bertz CT molecular complexity index is 1030. The second-order valence-electron chi connectivity index (χ2n) is 6.44. The fraction of sp³-hybridized carbons (Fsp3) is 0.421. The molecule has 0 bridgehead atoms. The Kier molecular flexibility index (Phi) is 6.97. The van der Waals surface area contributed by atoms with E-state index in [1.54, 1.807) is 16.8 Å². The number of thiophene rings is 1. The minimum atomic E-state index is -4.32. The second-order valence-corrected chi connectivity index (χ2v) is 8.71. The van der Waals surface area contributed by atoms with E-state index in [0.29, 0.717) is 27.5 Å². The summed E-state index contributed by atoms with van der Waals surface area (Å²) in [6, 6.07) is 5.49. The van der Waals surface area contributed by atoms with Gasteiger partial charge in [0.05, 0.1) is 17.6 Å². The van der Waals surface area contributed by atoms with E-state index in [9.17, 15) is 18.0 Å². The summed E-state index contributed by atoms with van der Waals surface area (Å²) in [5.41, 5.74) is 1.53. The minimum absolute atomic E-state index is 0.00353. The summed E-state index contributed by atoms with van der Waals surface area (Å²) in [4.78, 5) is 23.8. The Morgan fingerprint density at radius 1 is 1.28 bits per heavy atom. The Morgan fingerprint density at radius 3 is 2.76 bits per heavy atom. The summed E-state index contributed by atoms with van der Waals surface area (Å²) < 4.78 is 42.6. The number of hydrogen-bond donors (Lipinski definition) is 0. The van der Waals surface area contributed by atoms with E-state index >= 15 is 0 Å². The highest BCUT2D eigenvalue weighted by molar-refractivity contribution is 7.99. The lowest BCUT2D eigenvalue weighted by molar-refractivity contribution is -0.173. The molecule has 0 aliphatic heterocycles. The van der Waals surface area contributed by atoms with Gasteiger partial charge in [0, 0.05) is 23.4 Å². The first kappa shape index (κ1) is 21.8. The molecule has 3 aromatic rings. The Hall–Kier alpha value is -1.91. The monoisotopic (exact) mass is 443 g/mol. The van der Waals surface area contributed by atoms with Crippen molar-refractivity contribution in [2.24, 2.45) is 0 Å². The topological polar surface area (TPSA) is 57.0 Å². The first-order chi connectivity index (χ1) is 13.8. The van der Waals surface area contributed by atoms with Gasteiger partial charge in [-0.3, -0.25) is 14.3 Å². The van der Waals surface area contributed by atoms with Crippen LogP contribution in [0, 0.1) is 13.8 Å². The Morgan fingerprint density at radius 2 is 2.07 bits per heavy atom. The van der Waals surface area contributed by atoms with Crippen LogP contribution >= 0.6 is 23.1 Å². The highest BCUT2D eigenvalue weighted by Crippen LogP contribution is 2.28. The molecule has 5 nitrogen and oxygen atoms in total. The van der Waals surface area contributed by atoms with Gasteiger partial charge in [-0.2, -0.15) is 13.2 Å². The van der Waals surface area contributed by atoms with Crippen molar-refractivity contribution in [3.05, 3.63) is 50.9 Å². The quantitative estimate of drug-likeness (QED) is 0.290. The molecule has 0 N–H and O–H groups in total. The van der Waals surface area contributed by atoms with E-state index in [4.69, 9.17) is 0 Å². The molecule has 29 heavy (non-hydrogen) atoms. The molecular weight excluding hydrogens is 423 g/mol. The summed E-state index contributed by atoms with van der Waals surface area (Å²) in [7, 11) is 0. The molecule has 0 aliphatic carbocycles. The molecule has 0 spiro atoms. The van der Waals surface area contributed by atoms with Crippen molar-refractivity contribution in [3.8, 4) is 0 Å². The second kappa shape index (κ2) is 9.27. The van der Waals surface area contributed by atoms with Gasteiger partial charge in [0.25, 0.3) is 5.56 Å². The fourth-order valence-corrected chi connectivity index (χ4v) is 4.71. The number of nitrogens with zero attached hydrogens (tertiary/aromatic N) is 3. The zero-order valence-corrected chi connectivity index (χ0v) is 17.6. The van der Waals surface area contributed by atoms with Crippen molar-refractivity contribution < 1.29 is 17.9 Å². The average Bonchev–Trinajstić information content (AvgIpc) is 2.95. The van der Waals surface area contributed by atoms with Gasteiger partial charge in [0.15, 0.2) is 5.16 Å². The third-order valence-electron chi connectivity index (χ3n) is 4.23. The summed E-state index contributed by atoms with van der Waals surface area (Å²) in [5, 5.41) is 1.14. The van der Waals surface area contributed by atoms with E-state index in [0.717, 1.165) is 16.1 Å². The molecule has 0 aliphatic rings. The van der Waals surface area contributed by atoms with Crippen molar-refractivity contribution in [1.82, 2.24) is 14.5 Å². The van der Waals surface area contributed by atoms with Crippen LogP contribution in [-0.2, 0) is 11.3 Å². The van der Waals surface area contributed by atoms with Crippen molar-refractivity contribution in [2.75, 3.05) is 19.0 Å². The standard InChI is InChI=1S/C19H20F3N3O2S2/c1-12-13(2)29-16-15(12)17(26)25(10-14-6-3-4-7-23-14)18(24-16)28-9-5-8-27-11-19(20,21)22/h3-4,6-7H,5,8-11H2,1-2H3. The van der Waals surface area contributed by atoms with Crippen LogP contribution in [0.1, 0.15) is 22.6 Å². The molecule has 0 fully saturated rings. The van der Waals surface area contributed by atoms with Gasteiger partial charge in [-0.05, 0) is 38.0 Å². The van der Waals surface area contributed by atoms with Crippen molar-refractivity contribution in [3.63, 3.8) is 0 Å². The van der Waals surface area contributed by atoms with Gasteiger partial charge in [0.1, 0.15) is 11.4 Å². The van der Waals surface area contributed by atoms with Crippen LogP contribution in [-0.4, -0.2) is 39.7 Å². The Balaban J connectivity index is 1.81. The van der Waals surface area contributed by atoms with Gasteiger partial charge in [-0.15, -0.1) is 11.3 Å². The maximum Gasteiger partial charge on any atom is 0.411 e. The van der Waals surface area contributed by atoms with Crippen LogP contribution in [0.15, 0.2) is 34.3 Å². The molecule has 3 heterocycles. The first-order valence-corrected chi connectivity index (χ1v) is 10.7. The summed E-state index contributed by atoms with van der Waals surface area (Å²) in [6.45, 7) is 2.89. The number of thioether (sulfide) groups is 1. The maximum absolute atomic E-state index is 13.2. The van der Waals surface area contributed by atoms with E-state index in [-0.39, 0.29) is 18.7 Å². The lowest BCUT2D eigenvalue weighted by atomic mass is 10.2. The first-order valence-electron chi connectivity index (χ1n) is 8.94. The molecule has 0 amide bonds. The zero-order chi connectivity index (χ0) is 21.0. The number of pyridine rings is 1. The van der Waals surface area contributed by atoms with Crippen LogP contribution in [0.25, 0.3) is 10.2 Å². The molecule has 0 atom stereocenters. The number of ether oxygens (including phenoxy) is 1. The van der Waals surface area contributed by atoms with Gasteiger partial charge in [-0.25, -0.2) is 4.98 Å². The molecule has 0 unspecified atom stereocenters. The van der Waals surface area contributed by atoms with E-state index < -0.39 is 12.8 Å². The van der Waals surface area contributed by atoms with Crippen molar-refractivity contribution in [2.45, 2.75) is 38.1 Å². The van der Waals surface area contributed by atoms with Crippen LogP contribution in [0.2, 0.25) is 0 Å². The third kappa shape index (κ3) is 5.58. The SMILES string of the molecule is Cc1sc2nc(SCCCOCC(F)(F)F)n(Cc3ccccn3)c(=O)c2c1C. The highest BCUT2D eigenvalue weighted by atomic mass is 32.2. The van der Waals surface area contributed by atoms with Crippen LogP contribution in [0.3, 0.4) is 0 Å². The zero-order valence-electron chi connectivity index (χ0n) is 16.0. The maximum atomic E-state index is 13.2. The number of rotatable bonds is 8. The number of aromatic nitrogens is 3. The molecule has 0 aromatic carbocycles. The smallest absolute Gasteiger partial charge is 0.372 e. The molecule has 3 aromatic heterocycles. The minimum Gasteiger partial charge on any atom is -0.372 e. The lowest BCUT2D eigenvalue weighted by Crippen LogP contribution is -2.24. The highest BCUT2D eigenvalue weighted by Gasteiger charge is 2.27. The summed E-state index contributed by atoms with van der Waals surface area (Å²) in [5.74, 6) is 0.487. The molecule has 10 heteroatoms. The lowest BCUT2D eigenvalue weighted by Gasteiger charge is -2.12. The fourth-order valence-electron chi connectivity index (χ4n) is 2.72. The molecule has 156 valence electrons. The Labute approximate surface area is 173 Å². The third-order valence-corrected chi connectivity index (χ3v) is 6.39. The number of halogens is 3. The molecule has 0 radical (unpaired) electrons. The number of fused-ring (bicyclic) bond motifs is 1. The van der Waals surface area contributed by atoms with Gasteiger partial charge in [-0.1, -0.05) is 17.8 Å². The summed E-state index contributed by atoms with van der Waals surface area (Å²) >= 11 is 2.81. The number of hydrogen-bond acceptors (Lipinski definition) is 6.